The fourth-order valence-electron chi connectivity index (χ4n) is 3.84. The van der Waals surface area contributed by atoms with Crippen LogP contribution in [0.2, 0.25) is 0 Å². The van der Waals surface area contributed by atoms with E-state index >= 15 is 0 Å². The number of nitrogens with two attached hydrogens (primary N) is 1. The molecule has 8 nitrogen and oxygen atoms in total. The first-order valence-corrected chi connectivity index (χ1v) is 10.7. The molecule has 3 N–H and O–H groups in total. The molecular weight excluding hydrogens is 394 g/mol. The van der Waals surface area contributed by atoms with Crippen LogP contribution in [0.5, 0.6) is 0 Å². The molecule has 0 spiro atoms. The van der Waals surface area contributed by atoms with Crippen LogP contribution in [0.3, 0.4) is 0 Å². The highest BCUT2D eigenvalue weighted by molar-refractivity contribution is 5.96. The molecule has 8 heteroatoms. The van der Waals surface area contributed by atoms with Crippen LogP contribution >= 0.6 is 0 Å². The van der Waals surface area contributed by atoms with Crippen LogP contribution in [-0.2, 0) is 17.9 Å². The lowest BCUT2D eigenvalue weighted by Crippen LogP contribution is -2.44. The third-order valence-corrected chi connectivity index (χ3v) is 5.38. The van der Waals surface area contributed by atoms with Gasteiger partial charge in [-0.15, -0.1) is 0 Å². The zero-order chi connectivity index (χ0) is 22.7. The van der Waals surface area contributed by atoms with Gasteiger partial charge in [0, 0.05) is 24.3 Å². The van der Waals surface area contributed by atoms with Crippen molar-refractivity contribution in [1.82, 2.24) is 14.1 Å². The fourth-order valence-corrected chi connectivity index (χ4v) is 3.84. The third kappa shape index (κ3) is 4.57. The number of benzene rings is 1. The summed E-state index contributed by atoms with van der Waals surface area (Å²) < 4.78 is 3.28. The highest BCUT2D eigenvalue weighted by Crippen LogP contribution is 2.22. The number of rotatable bonds is 8. The Bertz CT molecular complexity index is 1200. The number of aromatic amines is 1. The first-order chi connectivity index (χ1) is 14.7. The summed E-state index contributed by atoms with van der Waals surface area (Å²) in [6.45, 7) is 8.66. The Balaban J connectivity index is 2.06. The van der Waals surface area contributed by atoms with Gasteiger partial charge in [-0.05, 0) is 36.8 Å². The van der Waals surface area contributed by atoms with Crippen LogP contribution in [0.25, 0.3) is 10.9 Å². The molecule has 166 valence electrons. The van der Waals surface area contributed by atoms with Crippen molar-refractivity contribution in [3.63, 3.8) is 0 Å². The molecule has 0 atom stereocenters. The standard InChI is InChI=1S/C23H31N5O3/c1-5-6-11-26-21(24)20(22(30)25-23(26)31)28(13-15(2)3)19(29)14-27-16(4)12-17-9-7-8-10-18(17)27/h7-10,12,15H,5-6,11,13-14,24H2,1-4H3,(H,25,30,31). The first kappa shape index (κ1) is 22.4. The van der Waals surface area contributed by atoms with E-state index in [0.29, 0.717) is 13.1 Å². The van der Waals surface area contributed by atoms with Gasteiger partial charge in [-0.25, -0.2) is 4.79 Å². The van der Waals surface area contributed by atoms with Gasteiger partial charge in [0.25, 0.3) is 5.56 Å². The first-order valence-electron chi connectivity index (χ1n) is 10.7. The van der Waals surface area contributed by atoms with Crippen LogP contribution in [-0.4, -0.2) is 26.6 Å². The molecule has 0 saturated heterocycles. The minimum Gasteiger partial charge on any atom is -0.383 e. The number of aromatic nitrogens is 3. The highest BCUT2D eigenvalue weighted by atomic mass is 16.2. The Morgan fingerprint density at radius 3 is 2.58 bits per heavy atom. The molecule has 3 rings (SSSR count). The molecule has 1 amide bonds. The SMILES string of the molecule is CCCCn1c(N)c(N(CC(C)C)C(=O)Cn2c(C)cc3ccccc32)c(=O)[nH]c1=O. The lowest BCUT2D eigenvalue weighted by atomic mass is 10.2. The highest BCUT2D eigenvalue weighted by Gasteiger charge is 2.25. The van der Waals surface area contributed by atoms with Crippen molar-refractivity contribution in [2.45, 2.75) is 53.6 Å². The van der Waals surface area contributed by atoms with Crippen molar-refractivity contribution in [1.29, 1.82) is 0 Å². The number of H-pyrrole nitrogens is 1. The number of aryl methyl sites for hydroxylation is 1. The van der Waals surface area contributed by atoms with Crippen molar-refractivity contribution in [2.24, 2.45) is 5.92 Å². The number of nitrogens with one attached hydrogen (secondary N) is 1. The molecule has 31 heavy (non-hydrogen) atoms. The smallest absolute Gasteiger partial charge is 0.330 e. The maximum atomic E-state index is 13.5. The van der Waals surface area contributed by atoms with Crippen molar-refractivity contribution in [3.8, 4) is 0 Å². The van der Waals surface area contributed by atoms with Gasteiger partial charge in [0.15, 0.2) is 5.69 Å². The predicted octanol–water partition coefficient (Wildman–Crippen LogP) is 2.87. The summed E-state index contributed by atoms with van der Waals surface area (Å²) in [5.74, 6) is -0.123. The molecular formula is C23H31N5O3. The zero-order valence-electron chi connectivity index (χ0n) is 18.6. The molecule has 0 bridgehead atoms. The molecule has 1 aromatic carbocycles. The van der Waals surface area contributed by atoms with Crippen molar-refractivity contribution >= 4 is 28.3 Å². The van der Waals surface area contributed by atoms with Crippen molar-refractivity contribution in [2.75, 3.05) is 17.2 Å². The predicted molar refractivity (Wildman–Crippen MR) is 125 cm³/mol. The fraction of sp³-hybridized carbons (Fsp3) is 0.435. The molecule has 3 aromatic rings. The molecule has 0 aliphatic heterocycles. The van der Waals surface area contributed by atoms with E-state index in [1.54, 1.807) is 0 Å². The summed E-state index contributed by atoms with van der Waals surface area (Å²) in [4.78, 5) is 42.3. The van der Waals surface area contributed by atoms with E-state index < -0.39 is 11.2 Å². The normalized spacial score (nSPS) is 11.4. The molecule has 0 aliphatic rings. The maximum absolute atomic E-state index is 13.5. The minimum absolute atomic E-state index is 0.0327. The molecule has 0 fully saturated rings. The summed E-state index contributed by atoms with van der Waals surface area (Å²) >= 11 is 0. The zero-order valence-corrected chi connectivity index (χ0v) is 18.6. The van der Waals surface area contributed by atoms with Gasteiger partial charge in [0.2, 0.25) is 5.91 Å². The van der Waals surface area contributed by atoms with Crippen LogP contribution in [0.15, 0.2) is 39.9 Å². The maximum Gasteiger partial charge on any atom is 0.330 e. The number of para-hydroxylation sites is 1. The van der Waals surface area contributed by atoms with Gasteiger partial charge in [-0.2, -0.15) is 0 Å². The topological polar surface area (TPSA) is 106 Å². The molecule has 0 unspecified atom stereocenters. The number of fused-ring (bicyclic) bond motifs is 1. The monoisotopic (exact) mass is 425 g/mol. The Labute approximate surface area is 181 Å². The molecule has 2 heterocycles. The Kier molecular flexibility index (Phi) is 6.68. The Hall–Kier alpha value is -3.29. The minimum atomic E-state index is -0.640. The number of carbonyl (C=O) groups is 1. The number of anilines is 2. The lowest BCUT2D eigenvalue weighted by Gasteiger charge is -2.26. The third-order valence-electron chi connectivity index (χ3n) is 5.38. The number of hydrogen-bond donors (Lipinski definition) is 2. The Morgan fingerprint density at radius 1 is 1.19 bits per heavy atom. The second-order valence-electron chi connectivity index (χ2n) is 8.33. The van der Waals surface area contributed by atoms with E-state index in [1.807, 2.05) is 62.6 Å². The largest absolute Gasteiger partial charge is 0.383 e. The van der Waals surface area contributed by atoms with Gasteiger partial charge >= 0.3 is 5.69 Å². The summed E-state index contributed by atoms with van der Waals surface area (Å²) in [5, 5.41) is 1.05. The summed E-state index contributed by atoms with van der Waals surface area (Å²) in [6, 6.07) is 9.89. The van der Waals surface area contributed by atoms with Crippen LogP contribution in [0, 0.1) is 12.8 Å². The van der Waals surface area contributed by atoms with E-state index in [1.165, 1.54) is 9.47 Å². The lowest BCUT2D eigenvalue weighted by molar-refractivity contribution is -0.119. The second-order valence-corrected chi connectivity index (χ2v) is 8.33. The molecule has 2 aromatic heterocycles. The number of carbonyl (C=O) groups excluding carboxylic acids is 1. The number of unbranched alkanes of at least 4 members (excludes halogenated alkanes) is 1. The number of hydrogen-bond acceptors (Lipinski definition) is 4. The van der Waals surface area contributed by atoms with E-state index in [9.17, 15) is 14.4 Å². The molecule has 0 saturated carbocycles. The van der Waals surface area contributed by atoms with Gasteiger partial charge < -0.3 is 15.2 Å². The number of amides is 1. The summed E-state index contributed by atoms with van der Waals surface area (Å²) in [6.07, 6.45) is 1.61. The van der Waals surface area contributed by atoms with Gasteiger partial charge in [-0.1, -0.05) is 45.4 Å². The quantitative estimate of drug-likeness (QED) is 0.579. The van der Waals surface area contributed by atoms with Gasteiger partial charge in [-0.3, -0.25) is 19.1 Å². The van der Waals surface area contributed by atoms with Crippen molar-refractivity contribution in [3.05, 3.63) is 56.9 Å². The van der Waals surface area contributed by atoms with Crippen LogP contribution in [0.4, 0.5) is 11.5 Å². The average molecular weight is 426 g/mol. The number of nitrogen functional groups attached to an aromatic ring is 1. The van der Waals surface area contributed by atoms with Crippen LogP contribution < -0.4 is 21.9 Å². The van der Waals surface area contributed by atoms with E-state index in [0.717, 1.165) is 29.4 Å². The van der Waals surface area contributed by atoms with Gasteiger partial charge in [0.1, 0.15) is 12.4 Å². The Morgan fingerprint density at radius 2 is 1.90 bits per heavy atom. The summed E-state index contributed by atoms with van der Waals surface area (Å²) in [5.41, 5.74) is 7.03. The van der Waals surface area contributed by atoms with E-state index in [-0.39, 0.29) is 29.9 Å². The summed E-state index contributed by atoms with van der Waals surface area (Å²) in [7, 11) is 0. The molecule has 0 aliphatic carbocycles. The average Bonchev–Trinajstić information content (AvgIpc) is 3.01. The molecule has 0 radical (unpaired) electrons. The second kappa shape index (κ2) is 9.24. The van der Waals surface area contributed by atoms with E-state index in [2.05, 4.69) is 4.98 Å². The van der Waals surface area contributed by atoms with Gasteiger partial charge in [0.05, 0.1) is 0 Å². The van der Waals surface area contributed by atoms with E-state index in [4.69, 9.17) is 5.73 Å². The van der Waals surface area contributed by atoms with Crippen LogP contribution in [0.1, 0.15) is 39.3 Å². The number of nitrogens with zero attached hydrogens (tertiary/aromatic N) is 3. The van der Waals surface area contributed by atoms with Crippen molar-refractivity contribution < 1.29 is 4.79 Å².